The lowest BCUT2D eigenvalue weighted by atomic mass is 10.1. The van der Waals surface area contributed by atoms with Crippen molar-refractivity contribution >= 4 is 17.7 Å². The second-order valence-electron chi connectivity index (χ2n) is 5.53. The molecule has 1 saturated heterocycles. The average Bonchev–Trinajstić information content (AvgIpc) is 2.57. The molecule has 2 atom stereocenters. The van der Waals surface area contributed by atoms with Crippen molar-refractivity contribution in [1.82, 2.24) is 10.2 Å². The van der Waals surface area contributed by atoms with Crippen LogP contribution in [-0.2, 0) is 4.79 Å². The zero-order valence-electron chi connectivity index (χ0n) is 12.2. The highest BCUT2D eigenvalue weighted by Crippen LogP contribution is 2.20. The van der Waals surface area contributed by atoms with E-state index in [1.54, 1.807) is 0 Å². The quantitative estimate of drug-likeness (QED) is 0.690. The number of hydrogen-bond donors (Lipinski definition) is 1. The Morgan fingerprint density at radius 3 is 2.72 bits per heavy atom. The summed E-state index contributed by atoms with van der Waals surface area (Å²) in [6.45, 7) is 7.49. The van der Waals surface area contributed by atoms with Crippen LogP contribution in [0.1, 0.15) is 46.5 Å². The third-order valence-corrected chi connectivity index (χ3v) is 4.07. The molecule has 0 spiro atoms. The van der Waals surface area contributed by atoms with Crippen LogP contribution in [0.5, 0.6) is 0 Å². The van der Waals surface area contributed by atoms with E-state index in [1.807, 2.05) is 11.8 Å². The van der Waals surface area contributed by atoms with Crippen molar-refractivity contribution in [3.8, 4) is 0 Å². The van der Waals surface area contributed by atoms with Crippen LogP contribution >= 0.6 is 11.8 Å². The molecule has 1 rings (SSSR count). The maximum Gasteiger partial charge on any atom is 0.241 e. The van der Waals surface area contributed by atoms with E-state index in [9.17, 15) is 4.79 Å². The van der Waals surface area contributed by atoms with E-state index in [1.165, 1.54) is 0 Å². The molecule has 0 radical (unpaired) electrons. The van der Waals surface area contributed by atoms with E-state index in [-0.39, 0.29) is 12.2 Å². The molecule has 1 aliphatic heterocycles. The molecule has 18 heavy (non-hydrogen) atoms. The number of hydrogen-bond acceptors (Lipinski definition) is 3. The fourth-order valence-corrected chi connectivity index (χ4v) is 2.95. The Kier molecular flexibility index (Phi) is 7.08. The van der Waals surface area contributed by atoms with E-state index < -0.39 is 0 Å². The SMILES string of the molecule is CCCC1NC(CC(C)C)N(CCCSC)C1=O. The predicted molar refractivity (Wildman–Crippen MR) is 79.8 cm³/mol. The van der Waals surface area contributed by atoms with Crippen LogP contribution in [0, 0.1) is 5.92 Å². The molecule has 0 aromatic rings. The molecule has 0 aromatic carbocycles. The number of carbonyl (C=O) groups excluding carboxylic acids is 1. The van der Waals surface area contributed by atoms with Crippen LogP contribution in [0.3, 0.4) is 0 Å². The number of carbonyl (C=O) groups is 1. The van der Waals surface area contributed by atoms with Gasteiger partial charge in [0.05, 0.1) is 12.2 Å². The fraction of sp³-hybridized carbons (Fsp3) is 0.929. The lowest BCUT2D eigenvalue weighted by molar-refractivity contribution is -0.130. The Bertz CT molecular complexity index is 258. The van der Waals surface area contributed by atoms with Crippen molar-refractivity contribution in [3.63, 3.8) is 0 Å². The first-order chi connectivity index (χ1) is 8.60. The summed E-state index contributed by atoms with van der Waals surface area (Å²) in [5.74, 6) is 2.08. The summed E-state index contributed by atoms with van der Waals surface area (Å²) in [6, 6.07) is 0.0630. The molecule has 0 saturated carbocycles. The molecule has 106 valence electrons. The third-order valence-electron chi connectivity index (χ3n) is 3.37. The van der Waals surface area contributed by atoms with Crippen molar-refractivity contribution in [2.45, 2.75) is 58.7 Å². The molecule has 0 aliphatic carbocycles. The Labute approximate surface area is 116 Å². The number of nitrogens with one attached hydrogen (secondary N) is 1. The standard InChI is InChI=1S/C14H28N2OS/c1-5-7-12-14(17)16(8-6-9-18-4)13(15-12)10-11(2)3/h11-13,15H,5-10H2,1-4H3. The van der Waals surface area contributed by atoms with Gasteiger partial charge in [0.1, 0.15) is 0 Å². The van der Waals surface area contributed by atoms with Crippen molar-refractivity contribution in [1.29, 1.82) is 0 Å². The summed E-state index contributed by atoms with van der Waals surface area (Å²) in [6.07, 6.45) is 6.57. The predicted octanol–water partition coefficient (Wildman–Crippen LogP) is 2.71. The van der Waals surface area contributed by atoms with Crippen LogP contribution < -0.4 is 5.32 Å². The van der Waals surface area contributed by atoms with E-state index in [0.29, 0.717) is 11.8 Å². The smallest absolute Gasteiger partial charge is 0.241 e. The highest BCUT2D eigenvalue weighted by Gasteiger charge is 2.37. The number of nitrogens with zero attached hydrogens (tertiary/aromatic N) is 1. The Morgan fingerprint density at radius 1 is 1.44 bits per heavy atom. The summed E-state index contributed by atoms with van der Waals surface area (Å²) >= 11 is 1.85. The lowest BCUT2D eigenvalue weighted by Crippen LogP contribution is -2.39. The van der Waals surface area contributed by atoms with Gasteiger partial charge in [-0.2, -0.15) is 11.8 Å². The topological polar surface area (TPSA) is 32.3 Å². The molecule has 0 bridgehead atoms. The van der Waals surface area contributed by atoms with Crippen molar-refractivity contribution in [2.24, 2.45) is 5.92 Å². The molecular formula is C14H28N2OS. The third kappa shape index (κ3) is 4.47. The van der Waals surface area contributed by atoms with Crippen LogP contribution in [0.15, 0.2) is 0 Å². The first-order valence-electron chi connectivity index (χ1n) is 7.15. The molecule has 1 amide bonds. The Hall–Kier alpha value is -0.220. The molecule has 0 aromatic heterocycles. The molecule has 2 unspecified atom stereocenters. The zero-order valence-corrected chi connectivity index (χ0v) is 13.1. The molecule has 4 heteroatoms. The minimum Gasteiger partial charge on any atom is -0.326 e. The largest absolute Gasteiger partial charge is 0.326 e. The number of rotatable bonds is 8. The molecule has 1 aliphatic rings. The van der Waals surface area contributed by atoms with Crippen molar-refractivity contribution < 1.29 is 4.79 Å². The molecule has 1 heterocycles. The first kappa shape index (κ1) is 15.8. The van der Waals surface area contributed by atoms with E-state index >= 15 is 0 Å². The minimum absolute atomic E-state index is 0.0630. The van der Waals surface area contributed by atoms with Gasteiger partial charge in [0.2, 0.25) is 5.91 Å². The monoisotopic (exact) mass is 272 g/mol. The minimum atomic E-state index is 0.0630. The molecule has 1 N–H and O–H groups in total. The average molecular weight is 272 g/mol. The van der Waals surface area contributed by atoms with Gasteiger partial charge in [0.25, 0.3) is 0 Å². The Morgan fingerprint density at radius 2 is 2.17 bits per heavy atom. The summed E-state index contributed by atoms with van der Waals surface area (Å²) in [4.78, 5) is 14.4. The second kappa shape index (κ2) is 8.05. The lowest BCUT2D eigenvalue weighted by Gasteiger charge is -2.25. The van der Waals surface area contributed by atoms with Gasteiger partial charge >= 0.3 is 0 Å². The van der Waals surface area contributed by atoms with Crippen LogP contribution in [0.2, 0.25) is 0 Å². The molecule has 1 fully saturated rings. The van der Waals surface area contributed by atoms with Gasteiger partial charge in [-0.3, -0.25) is 10.1 Å². The van der Waals surface area contributed by atoms with Gasteiger partial charge in [0, 0.05) is 6.54 Å². The highest BCUT2D eigenvalue weighted by molar-refractivity contribution is 7.98. The zero-order chi connectivity index (χ0) is 13.5. The van der Waals surface area contributed by atoms with Crippen LogP contribution in [0.4, 0.5) is 0 Å². The maximum absolute atomic E-state index is 12.3. The summed E-state index contributed by atoms with van der Waals surface area (Å²) in [5, 5.41) is 3.52. The highest BCUT2D eigenvalue weighted by atomic mass is 32.2. The molecular weight excluding hydrogens is 244 g/mol. The van der Waals surface area contributed by atoms with E-state index in [4.69, 9.17) is 0 Å². The van der Waals surface area contributed by atoms with Gasteiger partial charge < -0.3 is 4.90 Å². The summed E-state index contributed by atoms with van der Waals surface area (Å²) in [5.41, 5.74) is 0. The number of amides is 1. The van der Waals surface area contributed by atoms with Gasteiger partial charge in [-0.25, -0.2) is 0 Å². The normalized spacial score (nSPS) is 24.3. The van der Waals surface area contributed by atoms with Gasteiger partial charge in [0.15, 0.2) is 0 Å². The van der Waals surface area contributed by atoms with Crippen LogP contribution in [0.25, 0.3) is 0 Å². The van der Waals surface area contributed by atoms with E-state index in [2.05, 4.69) is 37.2 Å². The van der Waals surface area contributed by atoms with Gasteiger partial charge in [-0.15, -0.1) is 0 Å². The summed E-state index contributed by atoms with van der Waals surface area (Å²) in [7, 11) is 0. The van der Waals surface area contributed by atoms with Crippen molar-refractivity contribution in [2.75, 3.05) is 18.6 Å². The first-order valence-corrected chi connectivity index (χ1v) is 8.55. The fourth-order valence-electron chi connectivity index (χ4n) is 2.53. The number of thioether (sulfide) groups is 1. The van der Waals surface area contributed by atoms with Crippen molar-refractivity contribution in [3.05, 3.63) is 0 Å². The maximum atomic E-state index is 12.3. The Balaban J connectivity index is 2.58. The second-order valence-corrected chi connectivity index (χ2v) is 6.52. The summed E-state index contributed by atoms with van der Waals surface area (Å²) < 4.78 is 0. The van der Waals surface area contributed by atoms with E-state index in [0.717, 1.165) is 38.0 Å². The van der Waals surface area contributed by atoms with Gasteiger partial charge in [-0.1, -0.05) is 27.2 Å². The van der Waals surface area contributed by atoms with Gasteiger partial charge in [-0.05, 0) is 37.2 Å². The molecule has 3 nitrogen and oxygen atoms in total. The van der Waals surface area contributed by atoms with Crippen LogP contribution in [-0.4, -0.2) is 41.6 Å².